The van der Waals surface area contributed by atoms with Gasteiger partial charge in [0, 0.05) is 40.7 Å². The summed E-state index contributed by atoms with van der Waals surface area (Å²) in [6, 6.07) is 13.2. The Morgan fingerprint density at radius 3 is 2.68 bits per heavy atom. The Morgan fingerprint density at radius 2 is 1.91 bits per heavy atom. The molecule has 34 heavy (non-hydrogen) atoms. The number of nitrogens with one attached hydrogen (secondary N) is 1. The normalized spacial score (nSPS) is 13.3. The first-order valence-electron chi connectivity index (χ1n) is 11.1. The molecule has 0 aliphatic carbocycles. The number of hydrogen-bond donors (Lipinski definition) is 4. The SMILES string of the molecule is CCC(O)(c1ccccc1)c1cc(-c2c[nH]c3ncc(-c4cnn(CCO)c4)cc23)nc(N)n1. The van der Waals surface area contributed by atoms with E-state index >= 15 is 0 Å². The Labute approximate surface area is 196 Å². The average molecular weight is 456 g/mol. The number of nitrogens with two attached hydrogens (primary N) is 1. The topological polar surface area (TPSA) is 139 Å². The number of hydrogen-bond acceptors (Lipinski definition) is 7. The van der Waals surface area contributed by atoms with Gasteiger partial charge >= 0.3 is 0 Å². The molecule has 0 saturated carbocycles. The summed E-state index contributed by atoms with van der Waals surface area (Å²) < 4.78 is 1.68. The molecule has 4 heterocycles. The number of anilines is 1. The highest BCUT2D eigenvalue weighted by Crippen LogP contribution is 2.35. The van der Waals surface area contributed by atoms with Gasteiger partial charge in [-0.15, -0.1) is 0 Å². The van der Waals surface area contributed by atoms with Gasteiger partial charge < -0.3 is 20.9 Å². The second kappa shape index (κ2) is 8.69. The van der Waals surface area contributed by atoms with Crippen molar-refractivity contribution in [3.63, 3.8) is 0 Å². The quantitative estimate of drug-likeness (QED) is 0.296. The van der Waals surface area contributed by atoms with Crippen molar-refractivity contribution in [3.8, 4) is 22.4 Å². The molecule has 0 radical (unpaired) electrons. The standard InChI is InChI=1S/C25H25N7O2/c1-2-25(34,18-6-4-3-5-7-18)22-11-21(30-24(26)31-22)20-14-28-23-19(20)10-16(12-27-23)17-13-29-32(15-17)8-9-33/h3-7,10-15,33-34H,2,8-9H2,1H3,(H,27,28)(H2,26,30,31). The molecule has 1 aromatic carbocycles. The van der Waals surface area contributed by atoms with Gasteiger partial charge in [-0.3, -0.25) is 4.68 Å². The number of fused-ring (bicyclic) bond motifs is 1. The molecule has 9 heteroatoms. The first kappa shape index (κ1) is 21.7. The molecule has 0 fully saturated rings. The van der Waals surface area contributed by atoms with Gasteiger partial charge in [0.2, 0.25) is 5.95 Å². The van der Waals surface area contributed by atoms with Gasteiger partial charge in [-0.05, 0) is 24.1 Å². The minimum Gasteiger partial charge on any atom is -0.394 e. The second-order valence-electron chi connectivity index (χ2n) is 8.11. The Kier molecular flexibility index (Phi) is 5.56. The van der Waals surface area contributed by atoms with E-state index < -0.39 is 5.60 Å². The van der Waals surface area contributed by atoms with E-state index in [1.165, 1.54) is 0 Å². The van der Waals surface area contributed by atoms with E-state index in [9.17, 15) is 5.11 Å². The highest BCUT2D eigenvalue weighted by atomic mass is 16.3. The maximum Gasteiger partial charge on any atom is 0.220 e. The predicted molar refractivity (Wildman–Crippen MR) is 130 cm³/mol. The molecule has 172 valence electrons. The molecule has 0 amide bonds. The van der Waals surface area contributed by atoms with Crippen LogP contribution in [0.3, 0.4) is 0 Å². The molecule has 1 unspecified atom stereocenters. The van der Waals surface area contributed by atoms with Gasteiger partial charge in [-0.1, -0.05) is 37.3 Å². The third-order valence-corrected chi connectivity index (χ3v) is 6.03. The number of aromatic nitrogens is 6. The van der Waals surface area contributed by atoms with Crippen molar-refractivity contribution in [1.29, 1.82) is 0 Å². The number of aliphatic hydroxyl groups excluding tert-OH is 1. The van der Waals surface area contributed by atoms with E-state index in [1.54, 1.807) is 23.1 Å². The molecule has 0 aliphatic rings. The molecule has 5 aromatic rings. The fourth-order valence-electron chi connectivity index (χ4n) is 4.17. The van der Waals surface area contributed by atoms with E-state index in [0.717, 1.165) is 27.6 Å². The number of pyridine rings is 1. The molecule has 9 nitrogen and oxygen atoms in total. The lowest BCUT2D eigenvalue weighted by Crippen LogP contribution is -2.28. The predicted octanol–water partition coefficient (Wildman–Crippen LogP) is 3.10. The molecule has 0 bridgehead atoms. The minimum absolute atomic E-state index is 0.0188. The lowest BCUT2D eigenvalue weighted by Gasteiger charge is -2.27. The lowest BCUT2D eigenvalue weighted by molar-refractivity contribution is 0.0720. The summed E-state index contributed by atoms with van der Waals surface area (Å²) in [7, 11) is 0. The third-order valence-electron chi connectivity index (χ3n) is 6.03. The largest absolute Gasteiger partial charge is 0.394 e. The van der Waals surface area contributed by atoms with E-state index in [0.29, 0.717) is 30.0 Å². The number of aromatic amines is 1. The van der Waals surface area contributed by atoms with Crippen LogP contribution in [-0.2, 0) is 12.1 Å². The van der Waals surface area contributed by atoms with E-state index in [2.05, 4.69) is 25.0 Å². The molecule has 0 spiro atoms. The smallest absolute Gasteiger partial charge is 0.220 e. The summed E-state index contributed by atoms with van der Waals surface area (Å²) in [6.07, 6.45) is 7.63. The Bertz CT molecular complexity index is 1440. The monoisotopic (exact) mass is 455 g/mol. The Hall–Kier alpha value is -4.08. The van der Waals surface area contributed by atoms with E-state index in [4.69, 9.17) is 10.8 Å². The third kappa shape index (κ3) is 3.81. The Morgan fingerprint density at radius 1 is 1.09 bits per heavy atom. The van der Waals surface area contributed by atoms with Crippen LogP contribution in [-0.4, -0.2) is 46.5 Å². The number of aliphatic hydroxyl groups is 2. The fourth-order valence-corrected chi connectivity index (χ4v) is 4.17. The average Bonchev–Trinajstić information content (AvgIpc) is 3.51. The summed E-state index contributed by atoms with van der Waals surface area (Å²) in [5.41, 5.74) is 9.84. The first-order chi connectivity index (χ1) is 16.5. The number of rotatable bonds is 7. The highest BCUT2D eigenvalue weighted by Gasteiger charge is 2.32. The van der Waals surface area contributed by atoms with Gasteiger partial charge in [0.15, 0.2) is 0 Å². The lowest BCUT2D eigenvalue weighted by atomic mass is 9.87. The van der Waals surface area contributed by atoms with Crippen LogP contribution < -0.4 is 5.73 Å². The molecule has 0 aliphatic heterocycles. The van der Waals surface area contributed by atoms with Crippen LogP contribution in [0.15, 0.2) is 67.3 Å². The fraction of sp³-hybridized carbons (Fsp3) is 0.200. The maximum absolute atomic E-state index is 11.6. The summed E-state index contributed by atoms with van der Waals surface area (Å²) in [5, 5.41) is 25.9. The number of H-pyrrole nitrogens is 1. The maximum atomic E-state index is 11.6. The zero-order valence-corrected chi connectivity index (χ0v) is 18.7. The van der Waals surface area contributed by atoms with E-state index in [1.807, 2.05) is 55.7 Å². The molecular formula is C25H25N7O2. The molecular weight excluding hydrogens is 430 g/mol. The number of nitrogens with zero attached hydrogens (tertiary/aromatic N) is 5. The van der Waals surface area contributed by atoms with Crippen LogP contribution in [0.5, 0.6) is 0 Å². The summed E-state index contributed by atoms with van der Waals surface area (Å²) in [5.74, 6) is 0.0825. The molecule has 5 rings (SSSR count). The van der Waals surface area contributed by atoms with Crippen molar-refractivity contribution < 1.29 is 10.2 Å². The van der Waals surface area contributed by atoms with Gasteiger partial charge in [-0.2, -0.15) is 5.10 Å². The summed E-state index contributed by atoms with van der Waals surface area (Å²) in [6.45, 7) is 2.35. The zero-order chi connectivity index (χ0) is 23.7. The van der Waals surface area contributed by atoms with Crippen LogP contribution in [0.2, 0.25) is 0 Å². The van der Waals surface area contributed by atoms with Gasteiger partial charge in [-0.25, -0.2) is 15.0 Å². The van der Waals surface area contributed by atoms with Crippen LogP contribution in [0.25, 0.3) is 33.4 Å². The second-order valence-corrected chi connectivity index (χ2v) is 8.11. The van der Waals surface area contributed by atoms with Crippen LogP contribution >= 0.6 is 0 Å². The molecule has 5 N–H and O–H groups in total. The summed E-state index contributed by atoms with van der Waals surface area (Å²) in [4.78, 5) is 16.6. The van der Waals surface area contributed by atoms with Crippen molar-refractivity contribution in [2.24, 2.45) is 0 Å². The van der Waals surface area contributed by atoms with Gasteiger partial charge in [0.25, 0.3) is 0 Å². The van der Waals surface area contributed by atoms with Crippen molar-refractivity contribution >= 4 is 17.0 Å². The van der Waals surface area contributed by atoms with Gasteiger partial charge in [0.1, 0.15) is 11.2 Å². The highest BCUT2D eigenvalue weighted by molar-refractivity contribution is 5.95. The number of nitrogen functional groups attached to an aromatic ring is 1. The van der Waals surface area contributed by atoms with Crippen LogP contribution in [0.4, 0.5) is 5.95 Å². The number of benzene rings is 1. The molecule has 1 atom stereocenters. The first-order valence-corrected chi connectivity index (χ1v) is 11.1. The van der Waals surface area contributed by atoms with E-state index in [-0.39, 0.29) is 12.6 Å². The summed E-state index contributed by atoms with van der Waals surface area (Å²) >= 11 is 0. The zero-order valence-electron chi connectivity index (χ0n) is 18.7. The van der Waals surface area contributed by atoms with Crippen molar-refractivity contribution in [3.05, 3.63) is 78.5 Å². The van der Waals surface area contributed by atoms with Gasteiger partial charge in [0.05, 0.1) is 30.7 Å². The minimum atomic E-state index is -1.30. The van der Waals surface area contributed by atoms with Crippen molar-refractivity contribution in [2.45, 2.75) is 25.5 Å². The Balaban J connectivity index is 1.60. The molecule has 4 aromatic heterocycles. The van der Waals surface area contributed by atoms with Crippen LogP contribution in [0.1, 0.15) is 24.6 Å². The van der Waals surface area contributed by atoms with Crippen molar-refractivity contribution in [1.82, 2.24) is 29.7 Å². The van der Waals surface area contributed by atoms with Crippen LogP contribution in [0, 0.1) is 0 Å². The molecule has 0 saturated heterocycles. The van der Waals surface area contributed by atoms with Crippen molar-refractivity contribution in [2.75, 3.05) is 12.3 Å².